The van der Waals surface area contributed by atoms with Gasteiger partial charge in [-0.2, -0.15) is 0 Å². The number of hydrogen-bond acceptors (Lipinski definition) is 5. The molecule has 0 radical (unpaired) electrons. The second-order valence-corrected chi connectivity index (χ2v) is 6.85. The molecule has 2 amide bonds. The van der Waals surface area contributed by atoms with Crippen molar-refractivity contribution in [3.05, 3.63) is 0 Å². The van der Waals surface area contributed by atoms with Gasteiger partial charge in [0.1, 0.15) is 12.0 Å². The first-order chi connectivity index (χ1) is 9.86. The van der Waals surface area contributed by atoms with E-state index in [1.165, 1.54) is 0 Å². The van der Waals surface area contributed by atoms with Crippen LogP contribution in [-0.4, -0.2) is 47.9 Å². The summed E-state index contributed by atoms with van der Waals surface area (Å²) < 4.78 is 16.7. The molecule has 1 saturated carbocycles. The topological polar surface area (TPSA) is 80.5 Å². The van der Waals surface area contributed by atoms with Gasteiger partial charge in [-0.15, -0.1) is 11.6 Å². The molecule has 2 unspecified atom stereocenters. The van der Waals surface area contributed by atoms with E-state index in [1.54, 1.807) is 0 Å². The standard InChI is InChI=1S/C14H20ClNO5/c1-13(2)11(21-13)9-5-8(3-4-14(9)7-19-14)20-12(18)16-10(17)6-15/h8-9,11H,3-7H2,1-2H3,(H,16,17,18)/t8-,9+,11?,14?/m0/s1. The van der Waals surface area contributed by atoms with Crippen molar-refractivity contribution >= 4 is 23.6 Å². The van der Waals surface area contributed by atoms with Crippen LogP contribution in [0.3, 0.4) is 0 Å². The van der Waals surface area contributed by atoms with E-state index in [4.69, 9.17) is 25.8 Å². The molecular formula is C14H20ClNO5. The predicted octanol–water partition coefficient (Wildman–Crippen LogP) is 1.59. The first-order valence-electron chi connectivity index (χ1n) is 7.24. The normalized spacial score (nSPS) is 39.7. The highest BCUT2D eigenvalue weighted by Crippen LogP contribution is 2.55. The van der Waals surface area contributed by atoms with Crippen molar-refractivity contribution in [3.8, 4) is 0 Å². The third-order valence-corrected chi connectivity index (χ3v) is 4.90. The van der Waals surface area contributed by atoms with Gasteiger partial charge in [0.2, 0.25) is 5.91 Å². The predicted molar refractivity (Wildman–Crippen MR) is 74.1 cm³/mol. The molecule has 1 N–H and O–H groups in total. The Hall–Kier alpha value is -0.850. The van der Waals surface area contributed by atoms with Crippen molar-refractivity contribution in [2.45, 2.75) is 56.5 Å². The Kier molecular flexibility index (Phi) is 3.66. The van der Waals surface area contributed by atoms with Gasteiger partial charge in [0.05, 0.1) is 23.9 Å². The molecule has 2 saturated heterocycles. The molecular weight excluding hydrogens is 298 g/mol. The van der Waals surface area contributed by atoms with Gasteiger partial charge in [-0.3, -0.25) is 10.1 Å². The third kappa shape index (κ3) is 3.03. The average molecular weight is 318 g/mol. The molecule has 3 fully saturated rings. The number of imide groups is 1. The largest absolute Gasteiger partial charge is 0.446 e. The first-order valence-corrected chi connectivity index (χ1v) is 7.78. The number of carbonyl (C=O) groups is 2. The fraction of sp³-hybridized carbons (Fsp3) is 0.857. The fourth-order valence-corrected chi connectivity index (χ4v) is 3.42. The summed E-state index contributed by atoms with van der Waals surface area (Å²) in [4.78, 5) is 22.7. The minimum atomic E-state index is -0.729. The number of hydrogen-bond donors (Lipinski definition) is 1. The number of amides is 2. The average Bonchev–Trinajstić information content (AvgIpc) is 3.31. The van der Waals surface area contributed by atoms with Crippen LogP contribution in [0, 0.1) is 5.92 Å². The first kappa shape index (κ1) is 15.1. The van der Waals surface area contributed by atoms with Crippen molar-refractivity contribution in [1.82, 2.24) is 5.32 Å². The van der Waals surface area contributed by atoms with Crippen LogP contribution in [0.25, 0.3) is 0 Å². The Labute approximate surface area is 128 Å². The van der Waals surface area contributed by atoms with Gasteiger partial charge in [-0.1, -0.05) is 0 Å². The van der Waals surface area contributed by atoms with Crippen molar-refractivity contribution in [2.75, 3.05) is 12.5 Å². The molecule has 1 spiro atoms. The summed E-state index contributed by atoms with van der Waals surface area (Å²) in [6, 6.07) is 0. The molecule has 0 aromatic rings. The van der Waals surface area contributed by atoms with Crippen molar-refractivity contribution in [1.29, 1.82) is 0 Å². The Balaban J connectivity index is 1.57. The maximum Gasteiger partial charge on any atom is 0.414 e. The van der Waals surface area contributed by atoms with Crippen molar-refractivity contribution in [3.63, 3.8) is 0 Å². The third-order valence-electron chi connectivity index (χ3n) is 4.66. The number of rotatable bonds is 3. The van der Waals surface area contributed by atoms with Gasteiger partial charge in [0.15, 0.2) is 0 Å². The summed E-state index contributed by atoms with van der Waals surface area (Å²) in [5, 5.41) is 2.09. The van der Waals surface area contributed by atoms with Gasteiger partial charge in [0, 0.05) is 5.92 Å². The van der Waals surface area contributed by atoms with E-state index in [1.807, 2.05) is 0 Å². The van der Waals surface area contributed by atoms with E-state index >= 15 is 0 Å². The minimum absolute atomic E-state index is 0.0826. The number of halogens is 1. The van der Waals surface area contributed by atoms with Crippen LogP contribution in [-0.2, 0) is 19.0 Å². The highest BCUT2D eigenvalue weighted by atomic mass is 35.5. The summed E-state index contributed by atoms with van der Waals surface area (Å²) in [6.07, 6.45) is 1.51. The van der Waals surface area contributed by atoms with Gasteiger partial charge < -0.3 is 14.2 Å². The second kappa shape index (κ2) is 5.11. The van der Waals surface area contributed by atoms with Gasteiger partial charge >= 0.3 is 6.09 Å². The van der Waals surface area contributed by atoms with Crippen molar-refractivity contribution < 1.29 is 23.8 Å². The van der Waals surface area contributed by atoms with Crippen LogP contribution < -0.4 is 5.32 Å². The number of carbonyl (C=O) groups excluding carboxylic acids is 2. The Bertz CT molecular complexity index is 462. The number of nitrogens with one attached hydrogen (secondary N) is 1. The zero-order valence-electron chi connectivity index (χ0n) is 12.2. The Morgan fingerprint density at radius 2 is 2.10 bits per heavy atom. The van der Waals surface area contributed by atoms with Crippen LogP contribution in [0.4, 0.5) is 4.79 Å². The SMILES string of the molecule is CC1(C)OC1[C@H]1C[C@@H](OC(=O)NC(=O)CCl)CCC12CO2. The molecule has 3 rings (SSSR count). The minimum Gasteiger partial charge on any atom is -0.446 e. The molecule has 3 aliphatic rings. The number of alkyl halides is 1. The molecule has 2 aliphatic heterocycles. The molecule has 1 aliphatic carbocycles. The van der Waals surface area contributed by atoms with Gasteiger partial charge in [-0.05, 0) is 33.1 Å². The smallest absolute Gasteiger partial charge is 0.414 e. The van der Waals surface area contributed by atoms with E-state index in [-0.39, 0.29) is 35.2 Å². The molecule has 0 bridgehead atoms. The van der Waals surface area contributed by atoms with E-state index in [2.05, 4.69) is 19.2 Å². The number of alkyl carbamates (subject to hydrolysis) is 1. The van der Waals surface area contributed by atoms with Gasteiger partial charge in [-0.25, -0.2) is 4.79 Å². The molecule has 0 aromatic heterocycles. The van der Waals surface area contributed by atoms with Crippen LogP contribution in [0.2, 0.25) is 0 Å². The molecule has 0 aromatic carbocycles. The summed E-state index contributed by atoms with van der Waals surface area (Å²) >= 11 is 5.34. The van der Waals surface area contributed by atoms with Gasteiger partial charge in [0.25, 0.3) is 0 Å². The van der Waals surface area contributed by atoms with Crippen LogP contribution >= 0.6 is 11.6 Å². The lowest BCUT2D eigenvalue weighted by Gasteiger charge is -2.33. The summed E-state index contributed by atoms with van der Waals surface area (Å²) in [7, 11) is 0. The quantitative estimate of drug-likeness (QED) is 0.631. The summed E-state index contributed by atoms with van der Waals surface area (Å²) in [5.41, 5.74) is -0.205. The summed E-state index contributed by atoms with van der Waals surface area (Å²) in [6.45, 7) is 4.88. The second-order valence-electron chi connectivity index (χ2n) is 6.59. The van der Waals surface area contributed by atoms with E-state index in [0.717, 1.165) is 19.4 Å². The maximum absolute atomic E-state index is 11.6. The fourth-order valence-electron chi connectivity index (χ4n) is 3.35. The molecule has 6 nitrogen and oxygen atoms in total. The molecule has 7 heteroatoms. The van der Waals surface area contributed by atoms with Crippen LogP contribution in [0.5, 0.6) is 0 Å². The Morgan fingerprint density at radius 1 is 1.43 bits per heavy atom. The van der Waals surface area contributed by atoms with Crippen molar-refractivity contribution in [2.24, 2.45) is 5.92 Å². The highest BCUT2D eigenvalue weighted by molar-refractivity contribution is 6.28. The zero-order chi connectivity index (χ0) is 15.3. The monoisotopic (exact) mass is 317 g/mol. The molecule has 21 heavy (non-hydrogen) atoms. The molecule has 2 heterocycles. The Morgan fingerprint density at radius 3 is 2.62 bits per heavy atom. The van der Waals surface area contributed by atoms with E-state index in [0.29, 0.717) is 6.42 Å². The zero-order valence-corrected chi connectivity index (χ0v) is 12.9. The van der Waals surface area contributed by atoms with Crippen LogP contribution in [0.15, 0.2) is 0 Å². The van der Waals surface area contributed by atoms with E-state index in [9.17, 15) is 9.59 Å². The van der Waals surface area contributed by atoms with E-state index < -0.39 is 12.0 Å². The summed E-state index contributed by atoms with van der Waals surface area (Å²) in [5.74, 6) is -0.575. The molecule has 118 valence electrons. The number of epoxide rings is 2. The lowest BCUT2D eigenvalue weighted by Crippen LogP contribution is -2.43. The van der Waals surface area contributed by atoms with Crippen LogP contribution in [0.1, 0.15) is 33.1 Å². The highest BCUT2D eigenvalue weighted by Gasteiger charge is 2.65. The number of ether oxygens (including phenoxy) is 3. The lowest BCUT2D eigenvalue weighted by atomic mass is 9.74. The maximum atomic E-state index is 11.6. The lowest BCUT2D eigenvalue weighted by molar-refractivity contribution is -0.118. The molecule has 4 atom stereocenters.